The van der Waals surface area contributed by atoms with Crippen molar-refractivity contribution in [3.8, 4) is 0 Å². The molecular weight excluding hydrogens is 227 g/mol. The van der Waals surface area contributed by atoms with Crippen LogP contribution in [0.2, 0.25) is 10.2 Å². The maximum Gasteiger partial charge on any atom is 0.405 e. The Labute approximate surface area is 91.0 Å². The molecule has 0 radical (unpaired) electrons. The first-order chi connectivity index (χ1) is 6.50. The highest BCUT2D eigenvalue weighted by molar-refractivity contribution is 6.32. The molecule has 1 amide bonds. The molecule has 0 aromatic carbocycles. The lowest BCUT2D eigenvalue weighted by molar-refractivity contribution is 0.116. The van der Waals surface area contributed by atoms with Crippen molar-refractivity contribution < 1.29 is 9.53 Å². The van der Waals surface area contributed by atoms with Crippen LogP contribution in [0.4, 0.5) is 4.79 Å². The fraction of sp³-hybridized carbons (Fsp3) is 0.250. The number of rotatable bonds is 2. The fourth-order valence-corrected chi connectivity index (χ4v) is 1.38. The van der Waals surface area contributed by atoms with E-state index < -0.39 is 12.2 Å². The lowest BCUT2D eigenvalue weighted by atomic mass is 10.2. The Morgan fingerprint density at radius 2 is 2.29 bits per heavy atom. The second-order valence-electron chi connectivity index (χ2n) is 2.61. The second kappa shape index (κ2) is 4.48. The summed E-state index contributed by atoms with van der Waals surface area (Å²) in [5.41, 5.74) is 5.39. The Morgan fingerprint density at radius 1 is 1.64 bits per heavy atom. The van der Waals surface area contributed by atoms with E-state index in [1.165, 1.54) is 6.20 Å². The number of halogens is 2. The van der Waals surface area contributed by atoms with Crippen molar-refractivity contribution in [1.82, 2.24) is 4.98 Å². The van der Waals surface area contributed by atoms with E-state index in [1.807, 2.05) is 0 Å². The highest BCUT2D eigenvalue weighted by atomic mass is 35.5. The summed E-state index contributed by atoms with van der Waals surface area (Å²) in [6.45, 7) is 1.63. The van der Waals surface area contributed by atoms with Crippen LogP contribution in [-0.4, -0.2) is 11.1 Å². The van der Waals surface area contributed by atoms with Gasteiger partial charge in [0, 0.05) is 11.8 Å². The number of primary amides is 1. The smallest absolute Gasteiger partial charge is 0.405 e. The second-order valence-corrected chi connectivity index (χ2v) is 3.41. The van der Waals surface area contributed by atoms with Crippen LogP contribution in [0.25, 0.3) is 0 Å². The van der Waals surface area contributed by atoms with Crippen LogP contribution in [0, 0.1) is 0 Å². The van der Waals surface area contributed by atoms with Gasteiger partial charge in [0.05, 0.1) is 5.02 Å². The molecule has 1 heterocycles. The molecule has 0 saturated heterocycles. The molecule has 14 heavy (non-hydrogen) atoms. The Bertz CT molecular complexity index is 357. The predicted molar refractivity (Wildman–Crippen MR) is 53.3 cm³/mol. The highest BCUT2D eigenvalue weighted by Gasteiger charge is 2.14. The molecule has 0 saturated carbocycles. The lowest BCUT2D eigenvalue weighted by Crippen LogP contribution is -2.16. The molecule has 0 spiro atoms. The number of amides is 1. The first-order valence-electron chi connectivity index (χ1n) is 3.77. The van der Waals surface area contributed by atoms with Crippen LogP contribution in [-0.2, 0) is 4.74 Å². The first-order valence-corrected chi connectivity index (χ1v) is 4.53. The normalized spacial score (nSPS) is 12.2. The molecule has 76 valence electrons. The number of nitrogens with zero attached hydrogens (tertiary/aromatic N) is 1. The summed E-state index contributed by atoms with van der Waals surface area (Å²) in [6.07, 6.45) is -0.0237. The van der Waals surface area contributed by atoms with E-state index in [4.69, 9.17) is 33.7 Å². The molecule has 1 aromatic heterocycles. The van der Waals surface area contributed by atoms with E-state index in [0.717, 1.165) is 0 Å². The highest BCUT2D eigenvalue weighted by Crippen LogP contribution is 2.25. The van der Waals surface area contributed by atoms with Gasteiger partial charge in [0.2, 0.25) is 0 Å². The van der Waals surface area contributed by atoms with Crippen molar-refractivity contribution in [2.24, 2.45) is 5.73 Å². The number of carbonyl (C=O) groups is 1. The zero-order chi connectivity index (χ0) is 10.7. The van der Waals surface area contributed by atoms with Gasteiger partial charge in [0.1, 0.15) is 11.3 Å². The third kappa shape index (κ3) is 2.75. The van der Waals surface area contributed by atoms with E-state index in [1.54, 1.807) is 13.0 Å². The summed E-state index contributed by atoms with van der Waals surface area (Å²) in [7, 11) is 0. The number of hydrogen-bond donors (Lipinski definition) is 1. The van der Waals surface area contributed by atoms with Gasteiger partial charge in [0.25, 0.3) is 0 Å². The van der Waals surface area contributed by atoms with Crippen molar-refractivity contribution in [2.75, 3.05) is 0 Å². The third-order valence-corrected chi connectivity index (χ3v) is 2.09. The summed E-state index contributed by atoms with van der Waals surface area (Å²) in [5.74, 6) is 0. The number of nitrogens with two attached hydrogens (primary N) is 1. The van der Waals surface area contributed by atoms with Gasteiger partial charge in [-0.1, -0.05) is 23.2 Å². The number of pyridine rings is 1. The zero-order valence-electron chi connectivity index (χ0n) is 7.33. The van der Waals surface area contributed by atoms with E-state index in [9.17, 15) is 4.79 Å². The SMILES string of the molecule is CC(OC(N)=O)c1cc(Cl)cnc1Cl. The van der Waals surface area contributed by atoms with Crippen molar-refractivity contribution in [3.05, 3.63) is 28.0 Å². The summed E-state index contributed by atoms with van der Waals surface area (Å²) in [4.78, 5) is 14.3. The van der Waals surface area contributed by atoms with Crippen LogP contribution in [0.3, 0.4) is 0 Å². The van der Waals surface area contributed by atoms with E-state index in [-0.39, 0.29) is 5.15 Å². The number of ether oxygens (including phenoxy) is 1. The molecule has 1 aromatic rings. The molecule has 1 rings (SSSR count). The Kier molecular flexibility index (Phi) is 3.55. The molecule has 1 atom stereocenters. The molecule has 0 bridgehead atoms. The largest absolute Gasteiger partial charge is 0.442 e. The van der Waals surface area contributed by atoms with Gasteiger partial charge in [-0.25, -0.2) is 9.78 Å². The van der Waals surface area contributed by atoms with Gasteiger partial charge in [-0.05, 0) is 13.0 Å². The number of carbonyl (C=O) groups excluding carboxylic acids is 1. The molecule has 0 fully saturated rings. The van der Waals surface area contributed by atoms with Crippen molar-refractivity contribution in [1.29, 1.82) is 0 Å². The van der Waals surface area contributed by atoms with Crippen LogP contribution in [0.15, 0.2) is 12.3 Å². The van der Waals surface area contributed by atoms with Gasteiger partial charge in [0.15, 0.2) is 0 Å². The average molecular weight is 235 g/mol. The molecule has 6 heteroatoms. The van der Waals surface area contributed by atoms with Crippen LogP contribution in [0.1, 0.15) is 18.6 Å². The van der Waals surface area contributed by atoms with Crippen molar-refractivity contribution >= 4 is 29.3 Å². The van der Waals surface area contributed by atoms with Gasteiger partial charge in [-0.15, -0.1) is 0 Å². The van der Waals surface area contributed by atoms with Gasteiger partial charge >= 0.3 is 6.09 Å². The summed E-state index contributed by atoms with van der Waals surface area (Å²) in [5, 5.41) is 0.660. The predicted octanol–water partition coefficient (Wildman–Crippen LogP) is 2.54. The Balaban J connectivity index is 2.93. The van der Waals surface area contributed by atoms with E-state index >= 15 is 0 Å². The minimum absolute atomic E-state index is 0.239. The summed E-state index contributed by atoms with van der Waals surface area (Å²) in [6, 6.07) is 1.57. The zero-order valence-corrected chi connectivity index (χ0v) is 8.84. The van der Waals surface area contributed by atoms with Crippen molar-refractivity contribution in [2.45, 2.75) is 13.0 Å². The molecule has 0 aliphatic rings. The number of aromatic nitrogens is 1. The third-order valence-electron chi connectivity index (χ3n) is 1.56. The Morgan fingerprint density at radius 3 is 2.86 bits per heavy atom. The molecule has 2 N–H and O–H groups in total. The summed E-state index contributed by atoms with van der Waals surface area (Å²) < 4.78 is 4.73. The Hall–Kier alpha value is -1.00. The standard InChI is InChI=1S/C8H8Cl2N2O2/c1-4(14-8(11)13)6-2-5(9)3-12-7(6)10/h2-4H,1H3,(H2,11,13). The maximum atomic E-state index is 10.5. The average Bonchev–Trinajstić information content (AvgIpc) is 2.08. The lowest BCUT2D eigenvalue weighted by Gasteiger charge is -2.12. The minimum atomic E-state index is -0.867. The molecule has 0 aliphatic heterocycles. The summed E-state index contributed by atoms with van der Waals surface area (Å²) >= 11 is 11.5. The van der Waals surface area contributed by atoms with Crippen LogP contribution >= 0.6 is 23.2 Å². The number of hydrogen-bond acceptors (Lipinski definition) is 3. The van der Waals surface area contributed by atoms with Crippen LogP contribution in [0.5, 0.6) is 0 Å². The van der Waals surface area contributed by atoms with Crippen molar-refractivity contribution in [3.63, 3.8) is 0 Å². The van der Waals surface area contributed by atoms with E-state index in [2.05, 4.69) is 4.98 Å². The maximum absolute atomic E-state index is 10.5. The quantitative estimate of drug-likeness (QED) is 0.801. The fourth-order valence-electron chi connectivity index (χ4n) is 0.961. The molecular formula is C8H8Cl2N2O2. The monoisotopic (exact) mass is 234 g/mol. The van der Waals surface area contributed by atoms with Crippen LogP contribution < -0.4 is 5.73 Å². The first kappa shape index (κ1) is 11.1. The van der Waals surface area contributed by atoms with E-state index in [0.29, 0.717) is 10.6 Å². The molecule has 1 unspecified atom stereocenters. The van der Waals surface area contributed by atoms with Gasteiger partial charge in [-0.2, -0.15) is 0 Å². The van der Waals surface area contributed by atoms with Gasteiger partial charge in [-0.3, -0.25) is 0 Å². The van der Waals surface area contributed by atoms with Gasteiger partial charge < -0.3 is 10.5 Å². The molecule has 0 aliphatic carbocycles. The molecule has 4 nitrogen and oxygen atoms in total. The topological polar surface area (TPSA) is 65.2 Å². The minimum Gasteiger partial charge on any atom is -0.442 e.